The summed E-state index contributed by atoms with van der Waals surface area (Å²) in [4.78, 5) is 15.7. The SMILES string of the molecule is O=C(Nc1nc2c(F)cccc2s1)[C@@H]1CCN1. The summed E-state index contributed by atoms with van der Waals surface area (Å²) in [5.41, 5.74) is 0.314. The fraction of sp³-hybridized carbons (Fsp3) is 0.273. The number of amides is 1. The van der Waals surface area contributed by atoms with Crippen molar-refractivity contribution in [2.45, 2.75) is 12.5 Å². The average molecular weight is 251 g/mol. The monoisotopic (exact) mass is 251 g/mol. The Morgan fingerprint density at radius 3 is 3.06 bits per heavy atom. The Kier molecular flexibility index (Phi) is 2.53. The van der Waals surface area contributed by atoms with Crippen LogP contribution >= 0.6 is 11.3 Å². The normalized spacial score (nSPS) is 19.0. The van der Waals surface area contributed by atoms with E-state index in [2.05, 4.69) is 15.6 Å². The molecule has 1 amide bonds. The van der Waals surface area contributed by atoms with Crippen molar-refractivity contribution in [3.05, 3.63) is 24.0 Å². The molecule has 4 nitrogen and oxygen atoms in total. The maximum atomic E-state index is 13.4. The molecular weight excluding hydrogens is 241 g/mol. The molecule has 2 heterocycles. The third-order valence-electron chi connectivity index (χ3n) is 2.74. The van der Waals surface area contributed by atoms with Gasteiger partial charge in [0.05, 0.1) is 10.7 Å². The number of nitrogens with one attached hydrogen (secondary N) is 2. The fourth-order valence-corrected chi connectivity index (χ4v) is 2.56. The number of carbonyl (C=O) groups excluding carboxylic acids is 1. The molecule has 0 bridgehead atoms. The van der Waals surface area contributed by atoms with E-state index in [1.165, 1.54) is 17.4 Å². The van der Waals surface area contributed by atoms with Gasteiger partial charge < -0.3 is 10.6 Å². The van der Waals surface area contributed by atoms with Gasteiger partial charge >= 0.3 is 0 Å². The minimum absolute atomic E-state index is 0.101. The van der Waals surface area contributed by atoms with Crippen molar-refractivity contribution in [3.8, 4) is 0 Å². The summed E-state index contributed by atoms with van der Waals surface area (Å²) in [5.74, 6) is -0.461. The van der Waals surface area contributed by atoms with Gasteiger partial charge in [-0.2, -0.15) is 0 Å². The predicted molar refractivity (Wildman–Crippen MR) is 64.6 cm³/mol. The first-order chi connectivity index (χ1) is 8.24. The highest BCUT2D eigenvalue weighted by atomic mass is 32.1. The van der Waals surface area contributed by atoms with Gasteiger partial charge in [0.2, 0.25) is 5.91 Å². The van der Waals surface area contributed by atoms with Gasteiger partial charge in [0.1, 0.15) is 11.3 Å². The Hall–Kier alpha value is -1.53. The third kappa shape index (κ3) is 1.89. The van der Waals surface area contributed by atoms with Crippen molar-refractivity contribution in [2.24, 2.45) is 0 Å². The Labute approximate surface area is 101 Å². The molecule has 1 aliphatic heterocycles. The Balaban J connectivity index is 1.85. The summed E-state index contributed by atoms with van der Waals surface area (Å²) in [7, 11) is 0. The van der Waals surface area contributed by atoms with Crippen LogP contribution in [0.25, 0.3) is 10.2 Å². The summed E-state index contributed by atoms with van der Waals surface area (Å²) in [6.45, 7) is 0.868. The number of fused-ring (bicyclic) bond motifs is 1. The molecule has 88 valence electrons. The topological polar surface area (TPSA) is 54.0 Å². The van der Waals surface area contributed by atoms with Gasteiger partial charge in [0, 0.05) is 0 Å². The highest BCUT2D eigenvalue weighted by Gasteiger charge is 2.25. The zero-order chi connectivity index (χ0) is 11.8. The first-order valence-electron chi connectivity index (χ1n) is 5.33. The molecule has 0 spiro atoms. The smallest absolute Gasteiger partial charge is 0.243 e. The molecule has 1 aromatic carbocycles. The van der Waals surface area contributed by atoms with Gasteiger partial charge in [-0.3, -0.25) is 4.79 Å². The average Bonchev–Trinajstić information content (AvgIpc) is 2.58. The minimum atomic E-state index is -0.360. The molecule has 2 aromatic rings. The van der Waals surface area contributed by atoms with Crippen LogP contribution in [0.4, 0.5) is 9.52 Å². The van der Waals surface area contributed by atoms with Gasteiger partial charge in [-0.15, -0.1) is 0 Å². The summed E-state index contributed by atoms with van der Waals surface area (Å²) in [6, 6.07) is 4.65. The number of anilines is 1. The van der Waals surface area contributed by atoms with Gasteiger partial charge in [0.15, 0.2) is 5.13 Å². The highest BCUT2D eigenvalue weighted by Crippen LogP contribution is 2.27. The molecule has 1 aliphatic rings. The lowest BCUT2D eigenvalue weighted by Crippen LogP contribution is -2.50. The second-order valence-electron chi connectivity index (χ2n) is 3.89. The summed E-state index contributed by atoms with van der Waals surface area (Å²) < 4.78 is 14.1. The number of aromatic nitrogens is 1. The number of para-hydroxylation sites is 1. The minimum Gasteiger partial charge on any atom is -0.306 e. The zero-order valence-electron chi connectivity index (χ0n) is 8.87. The van der Waals surface area contributed by atoms with Gasteiger partial charge in [-0.05, 0) is 25.1 Å². The molecule has 6 heteroatoms. The number of carbonyl (C=O) groups is 1. The predicted octanol–water partition coefficient (Wildman–Crippen LogP) is 1.74. The lowest BCUT2D eigenvalue weighted by Gasteiger charge is -2.25. The van der Waals surface area contributed by atoms with E-state index in [-0.39, 0.29) is 17.8 Å². The molecule has 1 atom stereocenters. The first kappa shape index (κ1) is 10.6. The van der Waals surface area contributed by atoms with E-state index in [0.717, 1.165) is 17.7 Å². The lowest BCUT2D eigenvalue weighted by atomic mass is 10.1. The van der Waals surface area contributed by atoms with E-state index < -0.39 is 0 Å². The van der Waals surface area contributed by atoms with Crippen LogP contribution in [0.5, 0.6) is 0 Å². The largest absolute Gasteiger partial charge is 0.306 e. The molecule has 17 heavy (non-hydrogen) atoms. The van der Waals surface area contributed by atoms with Crippen LogP contribution in [0, 0.1) is 5.82 Å². The Morgan fingerprint density at radius 1 is 1.59 bits per heavy atom. The van der Waals surface area contributed by atoms with E-state index in [0.29, 0.717) is 10.6 Å². The molecule has 0 radical (unpaired) electrons. The van der Waals surface area contributed by atoms with Crippen molar-refractivity contribution in [1.82, 2.24) is 10.3 Å². The molecule has 1 fully saturated rings. The van der Waals surface area contributed by atoms with E-state index in [1.807, 2.05) is 0 Å². The lowest BCUT2D eigenvalue weighted by molar-refractivity contribution is -0.119. The van der Waals surface area contributed by atoms with Crippen molar-refractivity contribution >= 4 is 32.6 Å². The summed E-state index contributed by atoms with van der Waals surface area (Å²) >= 11 is 1.28. The maximum Gasteiger partial charge on any atom is 0.243 e. The van der Waals surface area contributed by atoms with Crippen molar-refractivity contribution < 1.29 is 9.18 Å². The number of hydrogen-bond donors (Lipinski definition) is 2. The van der Waals surface area contributed by atoms with Gasteiger partial charge in [-0.1, -0.05) is 17.4 Å². The molecule has 2 N–H and O–H groups in total. The molecule has 0 aliphatic carbocycles. The molecule has 0 unspecified atom stereocenters. The highest BCUT2D eigenvalue weighted by molar-refractivity contribution is 7.22. The van der Waals surface area contributed by atoms with Crippen LogP contribution in [0.2, 0.25) is 0 Å². The number of nitrogens with zero attached hydrogens (tertiary/aromatic N) is 1. The summed E-state index contributed by atoms with van der Waals surface area (Å²) in [6.07, 6.45) is 0.838. The van der Waals surface area contributed by atoms with Crippen LogP contribution in [-0.4, -0.2) is 23.5 Å². The van der Waals surface area contributed by atoms with Crippen molar-refractivity contribution in [3.63, 3.8) is 0 Å². The number of benzene rings is 1. The van der Waals surface area contributed by atoms with Crippen LogP contribution < -0.4 is 10.6 Å². The quantitative estimate of drug-likeness (QED) is 0.854. The Bertz CT molecular complexity index is 579. The van der Waals surface area contributed by atoms with Crippen LogP contribution in [0.1, 0.15) is 6.42 Å². The molecular formula is C11H10FN3OS. The third-order valence-corrected chi connectivity index (χ3v) is 3.68. The van der Waals surface area contributed by atoms with Gasteiger partial charge in [-0.25, -0.2) is 9.37 Å². The standard InChI is InChI=1S/C11H10FN3OS/c12-6-2-1-3-8-9(6)14-11(17-8)15-10(16)7-4-5-13-7/h1-3,7,13H,4-5H2,(H,14,15,16)/t7-/m0/s1. The number of rotatable bonds is 2. The van der Waals surface area contributed by atoms with Crippen LogP contribution in [0.3, 0.4) is 0 Å². The van der Waals surface area contributed by atoms with E-state index in [1.54, 1.807) is 12.1 Å². The van der Waals surface area contributed by atoms with E-state index in [4.69, 9.17) is 0 Å². The molecule has 1 saturated heterocycles. The fourth-order valence-electron chi connectivity index (χ4n) is 1.67. The van der Waals surface area contributed by atoms with E-state index >= 15 is 0 Å². The van der Waals surface area contributed by atoms with Crippen molar-refractivity contribution in [1.29, 1.82) is 0 Å². The summed E-state index contributed by atoms with van der Waals surface area (Å²) in [5, 5.41) is 6.15. The molecule has 0 saturated carbocycles. The second kappa shape index (κ2) is 4.05. The molecule has 1 aromatic heterocycles. The Morgan fingerprint density at radius 2 is 2.41 bits per heavy atom. The second-order valence-corrected chi connectivity index (χ2v) is 4.92. The number of halogens is 1. The van der Waals surface area contributed by atoms with Crippen molar-refractivity contribution in [2.75, 3.05) is 11.9 Å². The number of thiazole rings is 1. The molecule has 3 rings (SSSR count). The van der Waals surface area contributed by atoms with Crippen LogP contribution in [0.15, 0.2) is 18.2 Å². The van der Waals surface area contributed by atoms with Crippen LogP contribution in [-0.2, 0) is 4.79 Å². The number of hydrogen-bond acceptors (Lipinski definition) is 4. The zero-order valence-corrected chi connectivity index (χ0v) is 9.68. The maximum absolute atomic E-state index is 13.4. The first-order valence-corrected chi connectivity index (χ1v) is 6.15. The van der Waals surface area contributed by atoms with Gasteiger partial charge in [0.25, 0.3) is 0 Å². The van der Waals surface area contributed by atoms with E-state index in [9.17, 15) is 9.18 Å².